The standard InChI is InChI=1S/C17H30F3NO4S/c1-16(2,3)25-15(22)21-11-6-8-14(21)9-7-13-26(23,24)12-5-4-10-17(18,19)20/h14H,4-13H2,1-3H3/t14-/m0/s1. The molecule has 5 nitrogen and oxygen atoms in total. The van der Waals surface area contributed by atoms with Crippen molar-refractivity contribution in [3.63, 3.8) is 0 Å². The second kappa shape index (κ2) is 9.28. The third kappa shape index (κ3) is 9.64. The van der Waals surface area contributed by atoms with Crippen molar-refractivity contribution in [1.82, 2.24) is 4.90 Å². The average Bonchev–Trinajstić information content (AvgIpc) is 2.89. The largest absolute Gasteiger partial charge is 0.444 e. The Morgan fingerprint density at radius 3 is 2.31 bits per heavy atom. The number of unbranched alkanes of at least 4 members (excludes halogenated alkanes) is 1. The monoisotopic (exact) mass is 401 g/mol. The number of sulfone groups is 1. The topological polar surface area (TPSA) is 63.7 Å². The number of carbonyl (C=O) groups is 1. The maximum Gasteiger partial charge on any atom is 0.410 e. The Morgan fingerprint density at radius 2 is 1.73 bits per heavy atom. The van der Waals surface area contributed by atoms with E-state index in [1.165, 1.54) is 0 Å². The predicted octanol–water partition coefficient (Wildman–Crippen LogP) is 4.31. The highest BCUT2D eigenvalue weighted by Crippen LogP contribution is 2.25. The molecule has 9 heteroatoms. The van der Waals surface area contributed by atoms with Gasteiger partial charge in [-0.25, -0.2) is 13.2 Å². The lowest BCUT2D eigenvalue weighted by Crippen LogP contribution is -2.39. The summed E-state index contributed by atoms with van der Waals surface area (Å²) in [4.78, 5) is 13.8. The second-order valence-corrected chi connectivity index (χ2v) is 10.1. The summed E-state index contributed by atoms with van der Waals surface area (Å²) in [5.41, 5.74) is -0.579. The summed E-state index contributed by atoms with van der Waals surface area (Å²) in [5.74, 6) is -0.277. The molecule has 0 N–H and O–H groups in total. The number of likely N-dealkylation sites (tertiary alicyclic amines) is 1. The van der Waals surface area contributed by atoms with Gasteiger partial charge in [0.25, 0.3) is 0 Å². The van der Waals surface area contributed by atoms with Crippen LogP contribution in [0.2, 0.25) is 0 Å². The van der Waals surface area contributed by atoms with E-state index in [1.807, 2.05) is 0 Å². The molecule has 0 aromatic carbocycles. The Bertz CT molecular complexity index is 555. The smallest absolute Gasteiger partial charge is 0.410 e. The van der Waals surface area contributed by atoms with E-state index in [0.29, 0.717) is 19.4 Å². The molecule has 1 atom stereocenters. The van der Waals surface area contributed by atoms with Gasteiger partial charge in [-0.3, -0.25) is 0 Å². The average molecular weight is 401 g/mol. The molecular formula is C17H30F3NO4S. The first-order valence-electron chi connectivity index (χ1n) is 9.06. The van der Waals surface area contributed by atoms with Gasteiger partial charge in [0, 0.05) is 19.0 Å². The fourth-order valence-electron chi connectivity index (χ4n) is 2.99. The van der Waals surface area contributed by atoms with Gasteiger partial charge in [-0.1, -0.05) is 0 Å². The number of carbonyl (C=O) groups excluding carboxylic acids is 1. The summed E-state index contributed by atoms with van der Waals surface area (Å²) in [5, 5.41) is 0. The molecule has 0 radical (unpaired) electrons. The van der Waals surface area contributed by atoms with Crippen molar-refractivity contribution in [3.8, 4) is 0 Å². The van der Waals surface area contributed by atoms with E-state index in [4.69, 9.17) is 4.74 Å². The minimum atomic E-state index is -4.24. The van der Waals surface area contributed by atoms with E-state index < -0.39 is 28.0 Å². The van der Waals surface area contributed by atoms with Crippen molar-refractivity contribution >= 4 is 15.9 Å². The van der Waals surface area contributed by atoms with Gasteiger partial charge in [-0.05, 0) is 59.3 Å². The molecule has 0 aliphatic carbocycles. The Labute approximate surface area is 154 Å². The van der Waals surface area contributed by atoms with Crippen molar-refractivity contribution in [1.29, 1.82) is 0 Å². The van der Waals surface area contributed by atoms with E-state index in [2.05, 4.69) is 0 Å². The molecule has 0 aromatic rings. The van der Waals surface area contributed by atoms with Gasteiger partial charge >= 0.3 is 12.3 Å². The van der Waals surface area contributed by atoms with Crippen LogP contribution in [0, 0.1) is 0 Å². The summed E-state index contributed by atoms with van der Waals surface area (Å²) in [6.07, 6.45) is -3.10. The molecule has 154 valence electrons. The van der Waals surface area contributed by atoms with Crippen molar-refractivity contribution < 1.29 is 31.1 Å². The Kier molecular flexibility index (Phi) is 8.23. The van der Waals surface area contributed by atoms with E-state index in [0.717, 1.165) is 12.8 Å². The SMILES string of the molecule is CC(C)(C)OC(=O)N1CCC[C@H]1CCCS(=O)(=O)CCCCC(F)(F)F. The second-order valence-electron chi connectivity index (χ2n) is 7.84. The number of hydrogen-bond donors (Lipinski definition) is 0. The molecule has 1 saturated heterocycles. The lowest BCUT2D eigenvalue weighted by molar-refractivity contribution is -0.135. The first kappa shape index (κ1) is 23.0. The van der Waals surface area contributed by atoms with Crippen molar-refractivity contribution in [2.75, 3.05) is 18.1 Å². The lowest BCUT2D eigenvalue weighted by Gasteiger charge is -2.28. The minimum Gasteiger partial charge on any atom is -0.444 e. The summed E-state index contributed by atoms with van der Waals surface area (Å²) in [7, 11) is -3.36. The van der Waals surface area contributed by atoms with Gasteiger partial charge in [-0.15, -0.1) is 0 Å². The quantitative estimate of drug-likeness (QED) is 0.569. The molecule has 1 fully saturated rings. The van der Waals surface area contributed by atoms with Gasteiger partial charge in [0.15, 0.2) is 0 Å². The highest BCUT2D eigenvalue weighted by molar-refractivity contribution is 7.91. The molecule has 1 aliphatic rings. The number of hydrogen-bond acceptors (Lipinski definition) is 4. The van der Waals surface area contributed by atoms with Crippen LogP contribution in [0.15, 0.2) is 0 Å². The number of alkyl halides is 3. The Balaban J connectivity index is 2.35. The molecule has 1 heterocycles. The molecule has 0 aromatic heterocycles. The number of halogens is 3. The first-order chi connectivity index (χ1) is 11.8. The number of rotatable bonds is 8. The van der Waals surface area contributed by atoms with E-state index in [1.54, 1.807) is 25.7 Å². The van der Waals surface area contributed by atoms with Crippen LogP contribution >= 0.6 is 0 Å². The predicted molar refractivity (Wildman–Crippen MR) is 93.8 cm³/mol. The molecule has 0 unspecified atom stereocenters. The van der Waals surface area contributed by atoms with Gasteiger partial charge in [0.05, 0.1) is 11.5 Å². The zero-order valence-electron chi connectivity index (χ0n) is 15.8. The van der Waals surface area contributed by atoms with Crippen LogP contribution in [0.1, 0.15) is 65.7 Å². The maximum atomic E-state index is 12.2. The van der Waals surface area contributed by atoms with Crippen LogP contribution in [0.4, 0.5) is 18.0 Å². The molecule has 1 aliphatic heterocycles. The first-order valence-corrected chi connectivity index (χ1v) is 10.9. The lowest BCUT2D eigenvalue weighted by atomic mass is 10.1. The highest BCUT2D eigenvalue weighted by Gasteiger charge is 2.32. The number of nitrogens with zero attached hydrogens (tertiary/aromatic N) is 1. The van der Waals surface area contributed by atoms with Crippen molar-refractivity contribution in [2.45, 2.75) is 83.5 Å². The van der Waals surface area contributed by atoms with Gasteiger partial charge < -0.3 is 9.64 Å². The summed E-state index contributed by atoms with van der Waals surface area (Å²) in [6.45, 7) is 5.98. The molecule has 0 spiro atoms. The van der Waals surface area contributed by atoms with Crippen LogP contribution in [0.25, 0.3) is 0 Å². The van der Waals surface area contributed by atoms with Crippen LogP contribution in [-0.4, -0.2) is 55.3 Å². The van der Waals surface area contributed by atoms with Crippen LogP contribution in [0.5, 0.6) is 0 Å². The molecule has 0 bridgehead atoms. The maximum absolute atomic E-state index is 12.2. The van der Waals surface area contributed by atoms with Gasteiger partial charge in [0.2, 0.25) is 0 Å². The third-order valence-electron chi connectivity index (χ3n) is 4.16. The van der Waals surface area contributed by atoms with Gasteiger partial charge in [-0.2, -0.15) is 13.2 Å². The van der Waals surface area contributed by atoms with Crippen LogP contribution in [-0.2, 0) is 14.6 Å². The fraction of sp³-hybridized carbons (Fsp3) is 0.941. The zero-order chi connectivity index (χ0) is 20.0. The van der Waals surface area contributed by atoms with Crippen molar-refractivity contribution in [3.05, 3.63) is 0 Å². The number of ether oxygens (including phenoxy) is 1. The summed E-state index contributed by atoms with van der Waals surface area (Å²) in [6, 6.07) is -0.0368. The Hall–Kier alpha value is -0.990. The summed E-state index contributed by atoms with van der Waals surface area (Å²) < 4.78 is 65.5. The van der Waals surface area contributed by atoms with Crippen molar-refractivity contribution in [2.24, 2.45) is 0 Å². The summed E-state index contributed by atoms with van der Waals surface area (Å²) >= 11 is 0. The molecule has 1 amide bonds. The molecule has 1 rings (SSSR count). The number of amides is 1. The Morgan fingerprint density at radius 1 is 1.12 bits per heavy atom. The van der Waals surface area contributed by atoms with Gasteiger partial charge in [0.1, 0.15) is 15.4 Å². The third-order valence-corrected chi connectivity index (χ3v) is 5.98. The minimum absolute atomic E-state index is 0.0231. The van der Waals surface area contributed by atoms with E-state index >= 15 is 0 Å². The molecule has 26 heavy (non-hydrogen) atoms. The van der Waals surface area contributed by atoms with Crippen LogP contribution in [0.3, 0.4) is 0 Å². The van der Waals surface area contributed by atoms with Crippen LogP contribution < -0.4 is 0 Å². The highest BCUT2D eigenvalue weighted by atomic mass is 32.2. The van der Waals surface area contributed by atoms with E-state index in [-0.39, 0.29) is 36.5 Å². The zero-order valence-corrected chi connectivity index (χ0v) is 16.6. The normalized spacial score (nSPS) is 19.0. The molecule has 0 saturated carbocycles. The fourth-order valence-corrected chi connectivity index (χ4v) is 4.44. The molecular weight excluding hydrogens is 371 g/mol. The van der Waals surface area contributed by atoms with E-state index in [9.17, 15) is 26.4 Å².